The summed E-state index contributed by atoms with van der Waals surface area (Å²) in [6, 6.07) is 3.97. The quantitative estimate of drug-likeness (QED) is 0.717. The fraction of sp³-hybridized carbons (Fsp3) is 0.529. The van der Waals surface area contributed by atoms with Crippen molar-refractivity contribution in [1.82, 2.24) is 4.31 Å². The van der Waals surface area contributed by atoms with Crippen LogP contribution in [-0.4, -0.2) is 56.9 Å². The van der Waals surface area contributed by atoms with Gasteiger partial charge in [0, 0.05) is 19.5 Å². The molecule has 1 aliphatic heterocycles. The lowest BCUT2D eigenvalue weighted by Gasteiger charge is -2.26. The molecule has 0 unspecified atom stereocenters. The number of Topliss-reactive ketones (excluding diaryl/α,β-unsaturated/α-hetero) is 1. The zero-order chi connectivity index (χ0) is 18.7. The third kappa shape index (κ3) is 4.09. The molecule has 1 aromatic carbocycles. The molecule has 2 aliphatic rings. The minimum absolute atomic E-state index is 0.0294. The van der Waals surface area contributed by atoms with Crippen LogP contribution < -0.4 is 0 Å². The molecule has 0 aromatic heterocycles. The molecule has 0 radical (unpaired) electrons. The van der Waals surface area contributed by atoms with Crippen molar-refractivity contribution < 1.29 is 27.5 Å². The first-order chi connectivity index (χ1) is 12.4. The van der Waals surface area contributed by atoms with Crippen molar-refractivity contribution in [3.63, 3.8) is 0 Å². The van der Waals surface area contributed by atoms with Crippen LogP contribution in [0.5, 0.6) is 0 Å². The van der Waals surface area contributed by atoms with Crippen LogP contribution in [0.15, 0.2) is 23.1 Å². The molecular formula is C17H20ClNO6S. The fourth-order valence-corrected chi connectivity index (χ4v) is 4.94. The molecular weight excluding hydrogens is 382 g/mol. The van der Waals surface area contributed by atoms with Gasteiger partial charge in [-0.05, 0) is 37.5 Å². The van der Waals surface area contributed by atoms with Gasteiger partial charge in [0.05, 0.1) is 23.8 Å². The highest BCUT2D eigenvalue weighted by Crippen LogP contribution is 2.27. The molecule has 1 saturated heterocycles. The van der Waals surface area contributed by atoms with E-state index in [1.54, 1.807) is 0 Å². The van der Waals surface area contributed by atoms with Crippen molar-refractivity contribution in [3.05, 3.63) is 28.8 Å². The van der Waals surface area contributed by atoms with E-state index in [0.717, 1.165) is 12.8 Å². The topological polar surface area (TPSA) is 90.0 Å². The summed E-state index contributed by atoms with van der Waals surface area (Å²) >= 11 is 6.08. The second-order valence-electron chi connectivity index (χ2n) is 6.27. The van der Waals surface area contributed by atoms with Gasteiger partial charge < -0.3 is 9.47 Å². The van der Waals surface area contributed by atoms with E-state index < -0.39 is 22.1 Å². The Balaban J connectivity index is 1.82. The molecule has 26 heavy (non-hydrogen) atoms. The zero-order valence-corrected chi connectivity index (χ0v) is 15.7. The number of hydrogen-bond acceptors (Lipinski definition) is 6. The monoisotopic (exact) mass is 401 g/mol. The van der Waals surface area contributed by atoms with E-state index in [1.807, 2.05) is 0 Å². The molecule has 0 spiro atoms. The van der Waals surface area contributed by atoms with Gasteiger partial charge in [0.15, 0.2) is 11.9 Å². The second-order valence-corrected chi connectivity index (χ2v) is 8.58. The Morgan fingerprint density at radius 2 is 1.96 bits per heavy atom. The second kappa shape index (κ2) is 8.04. The molecule has 2 fully saturated rings. The maximum absolute atomic E-state index is 12.8. The fourth-order valence-electron chi connectivity index (χ4n) is 3.03. The summed E-state index contributed by atoms with van der Waals surface area (Å²) in [5.41, 5.74) is 0.0552. The van der Waals surface area contributed by atoms with Gasteiger partial charge >= 0.3 is 5.97 Å². The van der Waals surface area contributed by atoms with Gasteiger partial charge in [0.2, 0.25) is 10.0 Å². The van der Waals surface area contributed by atoms with Crippen LogP contribution in [0, 0.1) is 0 Å². The Bertz CT molecular complexity index is 803. The van der Waals surface area contributed by atoms with Crippen molar-refractivity contribution in [3.8, 4) is 0 Å². The number of rotatable bonds is 4. The Morgan fingerprint density at radius 3 is 2.65 bits per heavy atom. The van der Waals surface area contributed by atoms with Crippen LogP contribution in [0.25, 0.3) is 0 Å². The van der Waals surface area contributed by atoms with E-state index in [4.69, 9.17) is 21.1 Å². The zero-order valence-electron chi connectivity index (χ0n) is 14.1. The number of halogens is 1. The highest BCUT2D eigenvalue weighted by atomic mass is 35.5. The molecule has 3 rings (SSSR count). The molecule has 0 amide bonds. The van der Waals surface area contributed by atoms with E-state index >= 15 is 0 Å². The maximum Gasteiger partial charge on any atom is 0.338 e. The van der Waals surface area contributed by atoms with Crippen molar-refractivity contribution in [2.24, 2.45) is 0 Å². The van der Waals surface area contributed by atoms with Gasteiger partial charge in [-0.15, -0.1) is 0 Å². The first kappa shape index (κ1) is 19.3. The predicted molar refractivity (Wildman–Crippen MR) is 93.7 cm³/mol. The molecule has 1 aromatic rings. The SMILES string of the molecule is O=C(O[C@@H]1CCCCC1=O)c1ccc(Cl)c(S(=O)(=O)N2CCOCC2)c1. The summed E-state index contributed by atoms with van der Waals surface area (Å²) < 4.78 is 37.3. The predicted octanol–water partition coefficient (Wildman–Crippen LogP) is 2.03. The van der Waals surface area contributed by atoms with Gasteiger partial charge in [-0.25, -0.2) is 13.2 Å². The number of morpholine rings is 1. The molecule has 1 atom stereocenters. The van der Waals surface area contributed by atoms with Crippen LogP contribution in [-0.2, 0) is 24.3 Å². The number of esters is 1. The van der Waals surface area contributed by atoms with Crippen LogP contribution in [0.3, 0.4) is 0 Å². The number of ketones is 1. The summed E-state index contributed by atoms with van der Waals surface area (Å²) in [6.45, 7) is 1.07. The third-order valence-electron chi connectivity index (χ3n) is 4.50. The van der Waals surface area contributed by atoms with Crippen LogP contribution in [0.4, 0.5) is 0 Å². The van der Waals surface area contributed by atoms with Crippen molar-refractivity contribution >= 4 is 33.4 Å². The van der Waals surface area contributed by atoms with Gasteiger partial charge in [-0.2, -0.15) is 4.31 Å². The van der Waals surface area contributed by atoms with Crippen molar-refractivity contribution in [2.45, 2.75) is 36.7 Å². The van der Waals surface area contributed by atoms with E-state index in [-0.39, 0.29) is 34.4 Å². The van der Waals surface area contributed by atoms with Gasteiger partial charge in [-0.1, -0.05) is 11.6 Å². The van der Waals surface area contributed by atoms with Crippen LogP contribution in [0.2, 0.25) is 5.02 Å². The average molecular weight is 402 g/mol. The molecule has 0 bridgehead atoms. The van der Waals surface area contributed by atoms with Crippen LogP contribution >= 0.6 is 11.6 Å². The Kier molecular flexibility index (Phi) is 5.96. The first-order valence-electron chi connectivity index (χ1n) is 8.51. The number of carbonyl (C=O) groups is 2. The Morgan fingerprint density at radius 1 is 1.23 bits per heavy atom. The summed E-state index contributed by atoms with van der Waals surface area (Å²) in [6.07, 6.45) is 1.76. The molecule has 142 valence electrons. The Labute approximate surface area is 157 Å². The average Bonchev–Trinajstić information content (AvgIpc) is 2.64. The summed E-state index contributed by atoms with van der Waals surface area (Å²) in [5.74, 6) is -0.819. The number of carbonyl (C=O) groups excluding carboxylic acids is 2. The van der Waals surface area contributed by atoms with Crippen molar-refractivity contribution in [2.75, 3.05) is 26.3 Å². The van der Waals surface area contributed by atoms with E-state index in [0.29, 0.717) is 26.1 Å². The lowest BCUT2D eigenvalue weighted by atomic mass is 9.96. The van der Waals surface area contributed by atoms with Gasteiger partial charge in [-0.3, -0.25) is 4.79 Å². The van der Waals surface area contributed by atoms with E-state index in [2.05, 4.69) is 0 Å². The normalized spacial score (nSPS) is 22.2. The molecule has 1 aliphatic carbocycles. The molecule has 7 nitrogen and oxygen atoms in total. The number of nitrogens with zero attached hydrogens (tertiary/aromatic N) is 1. The number of benzene rings is 1. The van der Waals surface area contributed by atoms with E-state index in [9.17, 15) is 18.0 Å². The summed E-state index contributed by atoms with van der Waals surface area (Å²) in [4.78, 5) is 24.1. The largest absolute Gasteiger partial charge is 0.451 e. The Hall–Kier alpha value is -1.48. The third-order valence-corrected chi connectivity index (χ3v) is 6.88. The first-order valence-corrected chi connectivity index (χ1v) is 10.3. The van der Waals surface area contributed by atoms with E-state index in [1.165, 1.54) is 22.5 Å². The highest BCUT2D eigenvalue weighted by molar-refractivity contribution is 7.89. The van der Waals surface area contributed by atoms with Gasteiger partial charge in [0.1, 0.15) is 4.90 Å². The standard InChI is InChI=1S/C17H20ClNO6S/c18-13-6-5-12(17(21)25-15-4-2-1-3-14(15)20)11-16(13)26(22,23)19-7-9-24-10-8-19/h5-6,11,15H,1-4,7-10H2/t15-/m1/s1. The molecule has 1 heterocycles. The minimum Gasteiger partial charge on any atom is -0.451 e. The maximum atomic E-state index is 12.8. The van der Waals surface area contributed by atoms with Crippen LogP contribution in [0.1, 0.15) is 36.0 Å². The van der Waals surface area contributed by atoms with Gasteiger partial charge in [0.25, 0.3) is 0 Å². The van der Waals surface area contributed by atoms with Crippen molar-refractivity contribution in [1.29, 1.82) is 0 Å². The lowest BCUT2D eigenvalue weighted by molar-refractivity contribution is -0.129. The lowest BCUT2D eigenvalue weighted by Crippen LogP contribution is -2.40. The number of ether oxygens (including phenoxy) is 2. The highest BCUT2D eigenvalue weighted by Gasteiger charge is 2.30. The number of sulfonamides is 1. The molecule has 1 saturated carbocycles. The molecule has 9 heteroatoms. The minimum atomic E-state index is -3.85. The smallest absolute Gasteiger partial charge is 0.338 e. The summed E-state index contributed by atoms with van der Waals surface area (Å²) in [7, 11) is -3.85. The number of hydrogen-bond donors (Lipinski definition) is 0. The summed E-state index contributed by atoms with van der Waals surface area (Å²) in [5, 5.41) is 0.0294. The molecule has 0 N–H and O–H groups in total.